The number of hydrogen-bond donors (Lipinski definition) is 0. The lowest BCUT2D eigenvalue weighted by Gasteiger charge is -2.33. The molecule has 0 atom stereocenters. The van der Waals surface area contributed by atoms with Crippen molar-refractivity contribution < 1.29 is 9.47 Å². The minimum atomic E-state index is -0.218. The highest BCUT2D eigenvalue weighted by Crippen LogP contribution is 2.53. The molecule has 0 unspecified atom stereocenters. The summed E-state index contributed by atoms with van der Waals surface area (Å²) >= 11 is 1.86. The van der Waals surface area contributed by atoms with E-state index in [1.807, 2.05) is 11.3 Å². The molecule has 61 heavy (non-hydrogen) atoms. The van der Waals surface area contributed by atoms with Crippen LogP contribution in [0.5, 0.6) is 23.0 Å². The van der Waals surface area contributed by atoms with Crippen LogP contribution in [0.15, 0.2) is 127 Å². The minimum Gasteiger partial charge on any atom is -0.457 e. The van der Waals surface area contributed by atoms with Crippen molar-refractivity contribution >= 4 is 87.4 Å². The highest BCUT2D eigenvalue weighted by molar-refractivity contribution is 7.33. The summed E-state index contributed by atoms with van der Waals surface area (Å²) in [6.07, 6.45) is 0. The lowest BCUT2D eigenvalue weighted by atomic mass is 9.37. The molecule has 2 aliphatic heterocycles. The summed E-state index contributed by atoms with van der Waals surface area (Å²) in [5, 5.41) is 6.10. The van der Waals surface area contributed by atoms with Crippen molar-refractivity contribution in [3.8, 4) is 39.8 Å². The van der Waals surface area contributed by atoms with Gasteiger partial charge in [0, 0.05) is 58.3 Å². The van der Waals surface area contributed by atoms with E-state index in [1.54, 1.807) is 0 Å². The van der Waals surface area contributed by atoms with E-state index in [0.717, 1.165) is 34.1 Å². The van der Waals surface area contributed by atoms with Gasteiger partial charge < -0.3 is 18.6 Å². The van der Waals surface area contributed by atoms with Gasteiger partial charge in [0.1, 0.15) is 23.0 Å². The first-order valence-electron chi connectivity index (χ1n) is 21.6. The van der Waals surface area contributed by atoms with E-state index >= 15 is 0 Å². The number of rotatable bonds is 1. The van der Waals surface area contributed by atoms with E-state index < -0.39 is 0 Å². The normalized spacial score (nSPS) is 14.9. The van der Waals surface area contributed by atoms with Gasteiger partial charge in [-0.1, -0.05) is 107 Å². The van der Waals surface area contributed by atoms with E-state index in [1.165, 1.54) is 91.8 Å². The predicted molar refractivity (Wildman–Crippen MR) is 258 cm³/mol. The Morgan fingerprint density at radius 1 is 0.574 bits per heavy atom. The number of thiophene rings is 1. The van der Waals surface area contributed by atoms with Crippen LogP contribution in [0.1, 0.15) is 72.1 Å². The fourth-order valence-corrected chi connectivity index (χ4v) is 12.5. The number of hydrogen-bond acceptors (Lipinski definition) is 3. The summed E-state index contributed by atoms with van der Waals surface area (Å²) < 4.78 is 22.0. The van der Waals surface area contributed by atoms with Crippen molar-refractivity contribution in [1.82, 2.24) is 9.13 Å². The van der Waals surface area contributed by atoms with Crippen LogP contribution in [0.2, 0.25) is 0 Å². The number of benzene rings is 7. The third-order valence-electron chi connectivity index (χ3n) is 14.0. The summed E-state index contributed by atoms with van der Waals surface area (Å²) in [5.41, 5.74) is 14.5. The van der Waals surface area contributed by atoms with Crippen LogP contribution in [-0.2, 0) is 16.4 Å². The zero-order valence-electron chi connectivity index (χ0n) is 35.8. The highest BCUT2D eigenvalue weighted by atomic mass is 32.1. The molecule has 10 aromatic rings. The Bertz CT molecular complexity index is 3600. The second-order valence-corrected chi connectivity index (χ2v) is 21.1. The standard InChI is InChI=1S/C55H45BN2O2S/c1-53(2,3)30-24-25-46-36(26-30)50-52(61-46)56-39-29-43-47(33-18-11-14-21-41(33)58(43)54(4,5)6)49(51(39)60-45-23-15-22-44(59-50)48(45)56)57-40-20-13-10-17-32(40)35-27-38-34(28-42(35)57)31-16-9-12-19-37(31)55(38,7)8/h9-29H,1-8H3. The van der Waals surface area contributed by atoms with Gasteiger partial charge in [0.25, 0.3) is 6.71 Å². The maximum absolute atomic E-state index is 7.46. The Hall–Kier alpha value is -6.24. The molecule has 6 heteroatoms. The molecule has 0 fully saturated rings. The van der Waals surface area contributed by atoms with Crippen molar-refractivity contribution in [3.05, 3.63) is 144 Å². The molecule has 0 amide bonds. The van der Waals surface area contributed by atoms with E-state index in [2.05, 4.69) is 192 Å². The number of fused-ring (bicyclic) bond motifs is 15. The van der Waals surface area contributed by atoms with Crippen LogP contribution in [0.3, 0.4) is 0 Å². The van der Waals surface area contributed by atoms with Gasteiger partial charge in [-0.05, 0) is 114 Å². The van der Waals surface area contributed by atoms with Crippen molar-refractivity contribution in [3.63, 3.8) is 0 Å². The molecule has 3 aliphatic rings. The van der Waals surface area contributed by atoms with Crippen LogP contribution < -0.4 is 25.2 Å². The van der Waals surface area contributed by atoms with Gasteiger partial charge in [0.05, 0.1) is 22.2 Å². The second kappa shape index (κ2) is 11.6. The molecule has 0 spiro atoms. The second-order valence-electron chi connectivity index (χ2n) is 20.1. The molecule has 1 aliphatic carbocycles. The van der Waals surface area contributed by atoms with Crippen LogP contribution in [0.4, 0.5) is 0 Å². The third kappa shape index (κ3) is 4.56. The number of nitrogens with zero attached hydrogens (tertiary/aromatic N) is 2. The molecule has 13 rings (SSSR count). The van der Waals surface area contributed by atoms with Crippen LogP contribution in [0.25, 0.3) is 70.5 Å². The molecular weight excluding hydrogens is 763 g/mol. The van der Waals surface area contributed by atoms with Crippen LogP contribution in [0, 0.1) is 0 Å². The molecule has 0 N–H and O–H groups in total. The average Bonchev–Trinajstić information content (AvgIpc) is 3.94. The molecule has 0 radical (unpaired) electrons. The Kier molecular flexibility index (Phi) is 6.73. The summed E-state index contributed by atoms with van der Waals surface area (Å²) in [5.74, 6) is 3.60. The summed E-state index contributed by atoms with van der Waals surface area (Å²) in [6.45, 7) is 18.5. The van der Waals surface area contributed by atoms with Gasteiger partial charge >= 0.3 is 0 Å². The lowest BCUT2D eigenvalue weighted by Crippen LogP contribution is -2.56. The molecule has 7 aromatic carbocycles. The van der Waals surface area contributed by atoms with Gasteiger partial charge in [-0.25, -0.2) is 0 Å². The maximum atomic E-state index is 7.46. The zero-order chi connectivity index (χ0) is 41.5. The Morgan fingerprint density at radius 2 is 1.28 bits per heavy atom. The Balaban J connectivity index is 1.21. The Labute approximate surface area is 360 Å². The number of aromatic nitrogens is 2. The molecule has 0 bridgehead atoms. The lowest BCUT2D eigenvalue weighted by molar-refractivity contribution is 0.423. The molecule has 0 saturated heterocycles. The van der Waals surface area contributed by atoms with Gasteiger partial charge in [0.2, 0.25) is 0 Å². The Morgan fingerprint density at radius 3 is 2.05 bits per heavy atom. The molecule has 296 valence electrons. The smallest absolute Gasteiger partial charge is 0.273 e. The van der Waals surface area contributed by atoms with Gasteiger partial charge in [-0.2, -0.15) is 0 Å². The molecule has 3 aromatic heterocycles. The molecule has 0 saturated carbocycles. The van der Waals surface area contributed by atoms with Gasteiger partial charge in [-0.3, -0.25) is 0 Å². The fraction of sp³-hybridized carbons (Fsp3) is 0.200. The maximum Gasteiger partial charge on any atom is 0.273 e. The number of ether oxygens (including phenoxy) is 2. The van der Waals surface area contributed by atoms with Gasteiger partial charge in [0.15, 0.2) is 0 Å². The van der Waals surface area contributed by atoms with Crippen molar-refractivity contribution in [2.24, 2.45) is 0 Å². The largest absolute Gasteiger partial charge is 0.457 e. The summed E-state index contributed by atoms with van der Waals surface area (Å²) in [7, 11) is 0. The topological polar surface area (TPSA) is 28.3 Å². The first-order valence-corrected chi connectivity index (χ1v) is 22.4. The summed E-state index contributed by atoms with van der Waals surface area (Å²) in [4.78, 5) is 0. The highest BCUT2D eigenvalue weighted by Gasteiger charge is 2.45. The average molecular weight is 809 g/mol. The van der Waals surface area contributed by atoms with Crippen molar-refractivity contribution in [2.75, 3.05) is 0 Å². The van der Waals surface area contributed by atoms with E-state index in [0.29, 0.717) is 0 Å². The first kappa shape index (κ1) is 35.5. The van der Waals surface area contributed by atoms with E-state index in [9.17, 15) is 0 Å². The van der Waals surface area contributed by atoms with E-state index in [4.69, 9.17) is 9.47 Å². The SMILES string of the molecule is CC(C)(C)c1ccc2sc3c(c2c1)Oc1cccc2c1B3c1cc3c(c(-n4c5ccccc5c5cc6c(cc54)-c4ccccc4C6(C)C)c1O2)c1ccccc1n3C(C)(C)C. The first-order chi connectivity index (χ1) is 29.3. The molecule has 4 nitrogen and oxygen atoms in total. The third-order valence-corrected chi connectivity index (χ3v) is 15.3. The van der Waals surface area contributed by atoms with E-state index in [-0.39, 0.29) is 23.1 Å². The molecule has 5 heterocycles. The zero-order valence-corrected chi connectivity index (χ0v) is 36.6. The van der Waals surface area contributed by atoms with Crippen molar-refractivity contribution in [2.45, 2.75) is 71.8 Å². The van der Waals surface area contributed by atoms with Gasteiger partial charge in [-0.15, -0.1) is 11.3 Å². The van der Waals surface area contributed by atoms with Crippen LogP contribution in [-0.4, -0.2) is 15.8 Å². The molecular formula is C55H45BN2O2S. The van der Waals surface area contributed by atoms with Crippen LogP contribution >= 0.6 is 11.3 Å². The van der Waals surface area contributed by atoms with Crippen molar-refractivity contribution in [1.29, 1.82) is 0 Å². The fourth-order valence-electron chi connectivity index (χ4n) is 11.3. The number of para-hydroxylation sites is 2. The predicted octanol–water partition coefficient (Wildman–Crippen LogP) is 13.2. The summed E-state index contributed by atoms with van der Waals surface area (Å²) in [6, 6.07) is 47.7. The minimum absolute atomic E-state index is 0.00910. The monoisotopic (exact) mass is 808 g/mol. The quantitative estimate of drug-likeness (QED) is 0.155.